The zero-order valence-electron chi connectivity index (χ0n) is 16.3. The van der Waals surface area contributed by atoms with Crippen LogP contribution < -0.4 is 0 Å². The topological polar surface area (TPSA) is 77.8 Å². The Morgan fingerprint density at radius 3 is 2.59 bits per heavy atom. The summed E-state index contributed by atoms with van der Waals surface area (Å²) in [7, 11) is 0. The van der Waals surface area contributed by atoms with E-state index in [0.29, 0.717) is 5.92 Å². The number of likely N-dealkylation sites (tertiary alicyclic amines) is 1. The first-order valence-corrected chi connectivity index (χ1v) is 9.68. The lowest BCUT2D eigenvalue weighted by Gasteiger charge is -2.30. The van der Waals surface area contributed by atoms with E-state index in [1.807, 2.05) is 32.3 Å². The highest BCUT2D eigenvalue weighted by atomic mass is 16.5. The average Bonchev–Trinajstić information content (AvgIpc) is 3.37. The van der Waals surface area contributed by atoms with E-state index in [-0.39, 0.29) is 0 Å². The molecule has 0 amide bonds. The molecule has 0 N–H and O–H groups in total. The van der Waals surface area contributed by atoms with E-state index in [4.69, 9.17) is 4.52 Å². The van der Waals surface area contributed by atoms with Gasteiger partial charge in [-0.15, -0.1) is 10.2 Å². The maximum atomic E-state index is 5.35. The minimum atomic E-state index is 0.461. The average molecular weight is 369 g/mol. The number of nitrogens with zero attached hydrogens (tertiary/aromatic N) is 7. The van der Waals surface area contributed by atoms with Gasteiger partial charge >= 0.3 is 0 Å². The van der Waals surface area contributed by atoms with Crippen LogP contribution in [0.1, 0.15) is 54.6 Å². The number of imidazole rings is 1. The van der Waals surface area contributed by atoms with Gasteiger partial charge in [-0.2, -0.15) is 0 Å². The lowest BCUT2D eigenvalue weighted by molar-refractivity contribution is 0.180. The molecule has 0 radical (unpaired) electrons. The van der Waals surface area contributed by atoms with Crippen LogP contribution in [0.15, 0.2) is 23.0 Å². The fraction of sp³-hybridized carbons (Fsp3) is 0.579. The number of hydrogen-bond donors (Lipinski definition) is 0. The Hall–Kier alpha value is -2.48. The first kappa shape index (κ1) is 17.9. The molecule has 0 saturated carbocycles. The van der Waals surface area contributed by atoms with Crippen molar-refractivity contribution in [3.05, 3.63) is 47.4 Å². The minimum Gasteiger partial charge on any atom is -0.360 e. The summed E-state index contributed by atoms with van der Waals surface area (Å²) in [6.45, 7) is 10.7. The molecule has 0 aromatic carbocycles. The molecule has 8 nitrogen and oxygen atoms in total. The highest BCUT2D eigenvalue weighted by Gasteiger charge is 2.26. The Balaban J connectivity index is 1.41. The van der Waals surface area contributed by atoms with Crippen LogP contribution in [0.3, 0.4) is 0 Å². The summed E-state index contributed by atoms with van der Waals surface area (Å²) in [6, 6.07) is 2.02. The lowest BCUT2D eigenvalue weighted by atomic mass is 9.95. The van der Waals surface area contributed by atoms with E-state index >= 15 is 0 Å². The highest BCUT2D eigenvalue weighted by molar-refractivity contribution is 5.07. The van der Waals surface area contributed by atoms with Crippen LogP contribution in [0.25, 0.3) is 0 Å². The van der Waals surface area contributed by atoms with Crippen LogP contribution in [0.4, 0.5) is 0 Å². The fourth-order valence-electron chi connectivity index (χ4n) is 3.90. The summed E-state index contributed by atoms with van der Waals surface area (Å²) in [4.78, 5) is 6.73. The summed E-state index contributed by atoms with van der Waals surface area (Å²) in [5.74, 6) is 4.54. The van der Waals surface area contributed by atoms with Crippen molar-refractivity contribution in [2.75, 3.05) is 13.1 Å². The van der Waals surface area contributed by atoms with Gasteiger partial charge in [-0.05, 0) is 46.7 Å². The van der Waals surface area contributed by atoms with Gasteiger partial charge in [0.1, 0.15) is 11.6 Å². The number of rotatable bonds is 6. The summed E-state index contributed by atoms with van der Waals surface area (Å²) in [5.41, 5.74) is 0.941. The quantitative estimate of drug-likeness (QED) is 0.664. The zero-order chi connectivity index (χ0) is 18.8. The van der Waals surface area contributed by atoms with E-state index in [1.165, 1.54) is 0 Å². The largest absolute Gasteiger partial charge is 0.360 e. The van der Waals surface area contributed by atoms with E-state index in [1.54, 1.807) is 0 Å². The van der Waals surface area contributed by atoms with Crippen molar-refractivity contribution in [1.29, 1.82) is 0 Å². The predicted molar refractivity (Wildman–Crippen MR) is 100 cm³/mol. The van der Waals surface area contributed by atoms with Gasteiger partial charge in [-0.1, -0.05) is 5.16 Å². The van der Waals surface area contributed by atoms with Crippen molar-refractivity contribution in [3.8, 4) is 0 Å². The molecule has 8 heteroatoms. The molecule has 1 saturated heterocycles. The van der Waals surface area contributed by atoms with Gasteiger partial charge in [0.15, 0.2) is 11.6 Å². The summed E-state index contributed by atoms with van der Waals surface area (Å²) < 4.78 is 9.74. The molecule has 1 aliphatic rings. The molecule has 1 aliphatic heterocycles. The highest BCUT2D eigenvalue weighted by Crippen LogP contribution is 2.28. The molecule has 1 fully saturated rings. The standard InChI is InChI=1S/C19H27N7O/c1-4-26-18(13-25-10-7-20-15(25)3)21-22-19(26)16-5-8-24(9-6-16)12-17-11-14(2)23-27-17/h7,10-11,16H,4-6,8-9,12-13H2,1-3H3. The maximum absolute atomic E-state index is 5.35. The second-order valence-corrected chi connectivity index (χ2v) is 7.31. The van der Waals surface area contributed by atoms with E-state index in [0.717, 1.165) is 74.5 Å². The van der Waals surface area contributed by atoms with Gasteiger partial charge in [0.25, 0.3) is 0 Å². The zero-order valence-corrected chi connectivity index (χ0v) is 16.3. The van der Waals surface area contributed by atoms with Gasteiger partial charge in [0.2, 0.25) is 0 Å². The second-order valence-electron chi connectivity index (χ2n) is 7.31. The van der Waals surface area contributed by atoms with Crippen molar-refractivity contribution in [3.63, 3.8) is 0 Å². The third-order valence-electron chi connectivity index (χ3n) is 5.42. The van der Waals surface area contributed by atoms with Gasteiger partial charge in [-0.3, -0.25) is 4.90 Å². The number of piperidine rings is 1. The normalized spacial score (nSPS) is 16.3. The van der Waals surface area contributed by atoms with Crippen molar-refractivity contribution in [2.24, 2.45) is 0 Å². The Morgan fingerprint density at radius 1 is 1.15 bits per heavy atom. The Morgan fingerprint density at radius 2 is 1.96 bits per heavy atom. The number of aryl methyl sites for hydroxylation is 2. The molecule has 4 rings (SSSR count). The number of aromatic nitrogens is 6. The van der Waals surface area contributed by atoms with Gasteiger partial charge < -0.3 is 13.7 Å². The maximum Gasteiger partial charge on any atom is 0.153 e. The predicted octanol–water partition coefficient (Wildman–Crippen LogP) is 2.53. The molecule has 0 unspecified atom stereocenters. The van der Waals surface area contributed by atoms with Gasteiger partial charge in [0, 0.05) is 30.9 Å². The van der Waals surface area contributed by atoms with Crippen LogP contribution in [0.5, 0.6) is 0 Å². The van der Waals surface area contributed by atoms with Crippen LogP contribution in [0.2, 0.25) is 0 Å². The second kappa shape index (κ2) is 7.64. The lowest BCUT2D eigenvalue weighted by Crippen LogP contribution is -2.33. The Labute approximate surface area is 159 Å². The molecule has 0 aliphatic carbocycles. The van der Waals surface area contributed by atoms with Gasteiger partial charge in [-0.25, -0.2) is 4.98 Å². The number of hydrogen-bond acceptors (Lipinski definition) is 6. The Bertz CT molecular complexity index is 886. The van der Waals surface area contributed by atoms with Crippen LogP contribution in [-0.4, -0.2) is 47.5 Å². The minimum absolute atomic E-state index is 0.461. The molecule has 0 atom stereocenters. The summed E-state index contributed by atoms with van der Waals surface area (Å²) >= 11 is 0. The van der Waals surface area contributed by atoms with Crippen molar-refractivity contribution in [2.45, 2.75) is 59.2 Å². The fourth-order valence-corrected chi connectivity index (χ4v) is 3.90. The molecule has 0 bridgehead atoms. The van der Waals surface area contributed by atoms with Gasteiger partial charge in [0.05, 0.1) is 18.8 Å². The molecule has 3 aromatic rings. The molecular weight excluding hydrogens is 342 g/mol. The van der Waals surface area contributed by atoms with Crippen molar-refractivity contribution in [1.82, 2.24) is 34.4 Å². The van der Waals surface area contributed by atoms with Crippen LogP contribution in [-0.2, 0) is 19.6 Å². The molecular formula is C19H27N7O. The summed E-state index contributed by atoms with van der Waals surface area (Å²) in [5, 5.41) is 13.0. The molecule has 4 heterocycles. The third kappa shape index (κ3) is 3.80. The van der Waals surface area contributed by atoms with E-state index < -0.39 is 0 Å². The first-order chi connectivity index (χ1) is 13.1. The molecule has 27 heavy (non-hydrogen) atoms. The Kier molecular flexibility index (Phi) is 5.07. The molecule has 3 aromatic heterocycles. The first-order valence-electron chi connectivity index (χ1n) is 9.68. The smallest absolute Gasteiger partial charge is 0.153 e. The third-order valence-corrected chi connectivity index (χ3v) is 5.42. The van der Waals surface area contributed by atoms with Crippen molar-refractivity contribution < 1.29 is 4.52 Å². The SMILES string of the molecule is CCn1c(Cn2ccnc2C)nnc1C1CCN(Cc2cc(C)no2)CC1. The summed E-state index contributed by atoms with van der Waals surface area (Å²) in [6.07, 6.45) is 6.01. The molecule has 144 valence electrons. The van der Waals surface area contributed by atoms with Crippen LogP contribution >= 0.6 is 0 Å². The van der Waals surface area contributed by atoms with Crippen molar-refractivity contribution >= 4 is 0 Å². The van der Waals surface area contributed by atoms with E-state index in [2.05, 4.69) is 41.3 Å². The van der Waals surface area contributed by atoms with Crippen LogP contribution in [0, 0.1) is 13.8 Å². The monoisotopic (exact) mass is 369 g/mol. The van der Waals surface area contributed by atoms with E-state index in [9.17, 15) is 0 Å². The molecule has 0 spiro atoms.